The zero-order chi connectivity index (χ0) is 25.1. The number of furan rings is 1. The van der Waals surface area contributed by atoms with Crippen molar-refractivity contribution in [2.75, 3.05) is 12.9 Å². The zero-order valence-corrected chi connectivity index (χ0v) is 21.7. The summed E-state index contributed by atoms with van der Waals surface area (Å²) in [7, 11) is -3.58. The first-order valence-corrected chi connectivity index (χ1v) is 13.5. The summed E-state index contributed by atoms with van der Waals surface area (Å²) >= 11 is 0. The number of aliphatic hydroxyl groups excluding tert-OH is 1. The lowest BCUT2D eigenvalue weighted by atomic mass is 9.90. The molecular weight excluding hydrogens is 452 g/mol. The van der Waals surface area contributed by atoms with Crippen molar-refractivity contribution in [1.29, 1.82) is 0 Å². The molecular formula is C27H36O6S. The molecule has 0 bridgehead atoms. The lowest BCUT2D eigenvalue weighted by molar-refractivity contribution is 0.0216. The number of fused-ring (bicyclic) bond motifs is 1. The van der Waals surface area contributed by atoms with Crippen LogP contribution >= 0.6 is 0 Å². The van der Waals surface area contributed by atoms with E-state index >= 15 is 0 Å². The summed E-state index contributed by atoms with van der Waals surface area (Å²) in [6.07, 6.45) is 3.23. The van der Waals surface area contributed by atoms with E-state index in [9.17, 15) is 13.5 Å². The highest BCUT2D eigenvalue weighted by Crippen LogP contribution is 2.33. The highest BCUT2D eigenvalue weighted by atomic mass is 32.2. The Kier molecular flexibility index (Phi) is 7.98. The van der Waals surface area contributed by atoms with Crippen LogP contribution in [0.5, 0.6) is 11.5 Å². The molecule has 6 nitrogen and oxygen atoms in total. The quantitative estimate of drug-likeness (QED) is 0.353. The van der Waals surface area contributed by atoms with Gasteiger partial charge in [-0.25, -0.2) is 0 Å². The molecule has 0 aliphatic rings. The van der Waals surface area contributed by atoms with Crippen LogP contribution in [0.15, 0.2) is 46.9 Å². The number of hydrogen-bond donors (Lipinski definition) is 1. The van der Waals surface area contributed by atoms with Crippen LogP contribution in [-0.2, 0) is 16.5 Å². The lowest BCUT2D eigenvalue weighted by Gasteiger charge is -2.26. The number of rotatable bonds is 10. The van der Waals surface area contributed by atoms with Gasteiger partial charge in [-0.3, -0.25) is 0 Å². The second-order valence-corrected chi connectivity index (χ2v) is 11.6. The van der Waals surface area contributed by atoms with Crippen LogP contribution in [0.4, 0.5) is 0 Å². The highest BCUT2D eigenvalue weighted by molar-refractivity contribution is 7.86. The van der Waals surface area contributed by atoms with Gasteiger partial charge < -0.3 is 18.4 Å². The summed E-state index contributed by atoms with van der Waals surface area (Å²) in [6, 6.07) is 13.3. The van der Waals surface area contributed by atoms with Gasteiger partial charge in [0.2, 0.25) is 0 Å². The second-order valence-electron chi connectivity index (χ2n) is 10.1. The normalized spacial score (nSPS) is 14.2. The van der Waals surface area contributed by atoms with Gasteiger partial charge in [-0.1, -0.05) is 39.8 Å². The van der Waals surface area contributed by atoms with Crippen LogP contribution < -0.4 is 8.92 Å². The van der Waals surface area contributed by atoms with E-state index in [1.807, 2.05) is 45.9 Å². The molecule has 0 fully saturated rings. The number of aryl methyl sites for hydroxylation is 2. The third-order valence-corrected chi connectivity index (χ3v) is 6.57. The summed E-state index contributed by atoms with van der Waals surface area (Å²) in [6.45, 7) is 10.4. The molecule has 2 aromatic carbocycles. The summed E-state index contributed by atoms with van der Waals surface area (Å²) in [5, 5.41) is 11.1. The van der Waals surface area contributed by atoms with E-state index in [1.165, 1.54) is 5.56 Å². The van der Waals surface area contributed by atoms with Gasteiger partial charge >= 0.3 is 10.1 Å². The second kappa shape index (κ2) is 10.4. The van der Waals surface area contributed by atoms with Crippen LogP contribution in [0.1, 0.15) is 63.3 Å². The molecule has 0 aliphatic carbocycles. The van der Waals surface area contributed by atoms with Crippen LogP contribution in [-0.4, -0.2) is 32.5 Å². The monoisotopic (exact) mass is 488 g/mol. The molecule has 0 aliphatic heterocycles. The molecule has 0 amide bonds. The third kappa shape index (κ3) is 7.00. The van der Waals surface area contributed by atoms with Crippen molar-refractivity contribution in [1.82, 2.24) is 0 Å². The van der Waals surface area contributed by atoms with Crippen molar-refractivity contribution in [2.45, 2.75) is 65.9 Å². The number of benzene rings is 2. The summed E-state index contributed by atoms with van der Waals surface area (Å²) < 4.78 is 39.7. The minimum atomic E-state index is -3.58. The maximum Gasteiger partial charge on any atom is 0.306 e. The molecule has 186 valence electrons. The molecule has 0 saturated carbocycles. The molecule has 34 heavy (non-hydrogen) atoms. The Balaban J connectivity index is 1.65. The van der Waals surface area contributed by atoms with Crippen molar-refractivity contribution in [2.24, 2.45) is 5.41 Å². The van der Waals surface area contributed by atoms with Gasteiger partial charge in [0.15, 0.2) is 0 Å². The molecule has 3 rings (SSSR count). The van der Waals surface area contributed by atoms with E-state index in [0.29, 0.717) is 5.58 Å². The van der Waals surface area contributed by atoms with Crippen LogP contribution in [0, 0.1) is 12.3 Å². The molecule has 1 N–H and O–H groups in total. The van der Waals surface area contributed by atoms with Gasteiger partial charge in [-0.2, -0.15) is 8.42 Å². The van der Waals surface area contributed by atoms with Gasteiger partial charge in [0.25, 0.3) is 0 Å². The third-order valence-electron chi connectivity index (χ3n) is 6.07. The molecule has 0 radical (unpaired) electrons. The summed E-state index contributed by atoms with van der Waals surface area (Å²) in [5.74, 6) is 2.17. The Labute approximate surface area is 203 Å². The van der Waals surface area contributed by atoms with E-state index < -0.39 is 16.2 Å². The summed E-state index contributed by atoms with van der Waals surface area (Å²) in [4.78, 5) is 0. The van der Waals surface area contributed by atoms with Crippen molar-refractivity contribution in [3.8, 4) is 11.5 Å². The van der Waals surface area contributed by atoms with E-state index in [2.05, 4.69) is 19.1 Å². The fraction of sp³-hybridized carbons (Fsp3) is 0.481. The molecule has 3 aromatic rings. The summed E-state index contributed by atoms with van der Waals surface area (Å²) in [5.41, 5.74) is 2.67. The van der Waals surface area contributed by atoms with E-state index in [4.69, 9.17) is 13.3 Å². The fourth-order valence-corrected chi connectivity index (χ4v) is 4.25. The first kappa shape index (κ1) is 26.1. The number of hydrogen-bond acceptors (Lipinski definition) is 6. The lowest BCUT2D eigenvalue weighted by Crippen LogP contribution is -2.32. The largest absolute Gasteiger partial charge is 0.491 e. The van der Waals surface area contributed by atoms with Crippen molar-refractivity contribution < 1.29 is 26.9 Å². The standard InChI is InChI=1S/C27H36O6S/c1-7-20(24-15-21-11-12-22(16-25(21)32-24)33-34(6,29)30)10-8-19-9-13-23(18(2)14-19)31-17-26(28)27(3,4)5/h9,11-16,20,26,28H,7-8,10,17H2,1-6H3. The van der Waals surface area contributed by atoms with Crippen molar-refractivity contribution in [3.63, 3.8) is 0 Å². The van der Waals surface area contributed by atoms with E-state index in [0.717, 1.165) is 48.0 Å². The minimum absolute atomic E-state index is 0.220. The number of ether oxygens (including phenoxy) is 1. The average molecular weight is 489 g/mol. The first-order chi connectivity index (χ1) is 15.9. The van der Waals surface area contributed by atoms with Gasteiger partial charge in [0, 0.05) is 17.4 Å². The van der Waals surface area contributed by atoms with Gasteiger partial charge in [-0.15, -0.1) is 0 Å². The SMILES string of the molecule is CCC(CCc1ccc(OCC(O)C(C)(C)C)c(C)c1)c1cc2ccc(OS(C)(=O)=O)cc2o1. The Morgan fingerprint density at radius 1 is 1.09 bits per heavy atom. The van der Waals surface area contributed by atoms with Crippen LogP contribution in [0.3, 0.4) is 0 Å². The predicted octanol–water partition coefficient (Wildman–Crippen LogP) is 5.99. The van der Waals surface area contributed by atoms with E-state index in [-0.39, 0.29) is 23.7 Å². The molecule has 2 atom stereocenters. The highest BCUT2D eigenvalue weighted by Gasteiger charge is 2.23. The molecule has 7 heteroatoms. The Hall–Kier alpha value is -2.51. The number of aliphatic hydroxyl groups is 1. The van der Waals surface area contributed by atoms with Gasteiger partial charge in [-0.05, 0) is 67.0 Å². The maximum absolute atomic E-state index is 11.4. The van der Waals surface area contributed by atoms with Gasteiger partial charge in [0.05, 0.1) is 12.4 Å². The van der Waals surface area contributed by atoms with Crippen LogP contribution in [0.2, 0.25) is 0 Å². The zero-order valence-electron chi connectivity index (χ0n) is 20.9. The topological polar surface area (TPSA) is 86.0 Å². The van der Waals surface area contributed by atoms with Gasteiger partial charge in [0.1, 0.15) is 29.4 Å². The maximum atomic E-state index is 11.4. The molecule has 1 aromatic heterocycles. The molecule has 2 unspecified atom stereocenters. The molecule has 0 spiro atoms. The molecule has 1 heterocycles. The fourth-order valence-electron chi connectivity index (χ4n) is 3.80. The Bertz CT molecular complexity index is 1220. The Morgan fingerprint density at radius 2 is 1.82 bits per heavy atom. The van der Waals surface area contributed by atoms with E-state index in [1.54, 1.807) is 12.1 Å². The predicted molar refractivity (Wildman–Crippen MR) is 135 cm³/mol. The molecule has 0 saturated heterocycles. The van der Waals surface area contributed by atoms with Crippen molar-refractivity contribution >= 4 is 21.1 Å². The van der Waals surface area contributed by atoms with Crippen molar-refractivity contribution in [3.05, 3.63) is 59.4 Å². The average Bonchev–Trinajstić information content (AvgIpc) is 3.14. The smallest absolute Gasteiger partial charge is 0.306 e. The Morgan fingerprint density at radius 3 is 2.44 bits per heavy atom. The van der Waals surface area contributed by atoms with Crippen LogP contribution in [0.25, 0.3) is 11.0 Å². The first-order valence-electron chi connectivity index (χ1n) is 11.7. The minimum Gasteiger partial charge on any atom is -0.491 e.